The summed E-state index contributed by atoms with van der Waals surface area (Å²) in [5, 5.41) is 0. The van der Waals surface area contributed by atoms with Gasteiger partial charge in [-0.15, -0.1) is 12.8 Å². The molecule has 0 radical (unpaired) electrons. The molecule has 3 rings (SSSR count). The minimum absolute atomic E-state index is 0. The van der Waals surface area contributed by atoms with Crippen LogP contribution in [0, 0.1) is 39.2 Å². The van der Waals surface area contributed by atoms with Crippen molar-refractivity contribution in [3.8, 4) is 0 Å². The molecule has 0 spiro atoms. The third-order valence-corrected chi connectivity index (χ3v) is 3.97. The van der Waals surface area contributed by atoms with Crippen molar-refractivity contribution in [2.24, 2.45) is 0 Å². The van der Waals surface area contributed by atoms with Crippen molar-refractivity contribution in [1.82, 2.24) is 0 Å². The van der Waals surface area contributed by atoms with Gasteiger partial charge in [0.15, 0.2) is 0 Å². The Morgan fingerprint density at radius 2 is 1.14 bits per heavy atom. The monoisotopic (exact) mass is 782 g/mol. The van der Waals surface area contributed by atoms with E-state index in [0.29, 0.717) is 0 Å². The Morgan fingerprint density at radius 1 is 0.810 bits per heavy atom. The Bertz CT molecular complexity index is 591. The van der Waals surface area contributed by atoms with Crippen molar-refractivity contribution in [3.63, 3.8) is 0 Å². The molecule has 0 bridgehead atoms. The predicted molar refractivity (Wildman–Crippen MR) is 72.8 cm³/mol. The molecule has 104 valence electrons. The molecule has 2 aliphatic rings. The second-order valence-electron chi connectivity index (χ2n) is 4.94. The smallest absolute Gasteiger partial charge is 0.344 e. The van der Waals surface area contributed by atoms with Gasteiger partial charge in [0.2, 0.25) is 0 Å². The van der Waals surface area contributed by atoms with Crippen LogP contribution in [0.1, 0.15) is 33.4 Å². The van der Waals surface area contributed by atoms with Crippen molar-refractivity contribution in [3.05, 3.63) is 82.0 Å². The molecule has 1 aromatic carbocycles. The summed E-state index contributed by atoms with van der Waals surface area (Å²) in [7, 11) is 0. The molecule has 21 heavy (non-hydrogen) atoms. The molecule has 0 saturated carbocycles. The van der Waals surface area contributed by atoms with E-state index in [-0.39, 0.29) is 63.2 Å². The number of allylic oxidation sites excluding steroid dienone is 4. The van der Waals surface area contributed by atoms with Crippen LogP contribution in [0.3, 0.4) is 0 Å². The number of fused-ring (bicyclic) bond motifs is 2. The molecule has 0 heterocycles. The van der Waals surface area contributed by atoms with Crippen LogP contribution in [0.2, 0.25) is 0 Å². The first-order valence-electron chi connectivity index (χ1n) is 6.16. The second kappa shape index (κ2) is 8.20. The standard InChI is InChI=1S/C18H14.3W/c1-5-13-7-15-11(3)17-9-14(6-2)10-18(17)12(4)16(15)8-13;;;/h1-2,5-6H,7,10H2,3-4H3;;;/q-4;;2*+2. The molecule has 0 amide bonds. The molecular weight excluding hydrogens is 768 g/mol. The Kier molecular flexibility index (Phi) is 8.29. The zero-order valence-electron chi connectivity index (χ0n) is 11.9. The first-order valence-corrected chi connectivity index (χ1v) is 6.16. The molecule has 0 atom stereocenters. The summed E-state index contributed by atoms with van der Waals surface area (Å²) in [6.45, 7) is 15.5. The van der Waals surface area contributed by atoms with Crippen molar-refractivity contribution in [2.45, 2.75) is 26.7 Å². The topological polar surface area (TPSA) is 0 Å². The fourth-order valence-electron chi connectivity index (χ4n) is 2.90. The van der Waals surface area contributed by atoms with E-state index < -0.39 is 0 Å². The van der Waals surface area contributed by atoms with Gasteiger partial charge in [-0.1, -0.05) is 13.8 Å². The van der Waals surface area contributed by atoms with Crippen molar-refractivity contribution in [2.75, 3.05) is 0 Å². The van der Waals surface area contributed by atoms with E-state index in [1.807, 2.05) is 0 Å². The van der Waals surface area contributed by atoms with Gasteiger partial charge in [-0.05, 0) is 0 Å². The molecule has 0 fully saturated rings. The van der Waals surface area contributed by atoms with Crippen LogP contribution in [-0.4, -0.2) is 0 Å². The van der Waals surface area contributed by atoms with Gasteiger partial charge >= 0.3 is 42.1 Å². The minimum Gasteiger partial charge on any atom is -0.344 e. The minimum atomic E-state index is 0. The van der Waals surface area contributed by atoms with Gasteiger partial charge < -0.3 is 25.3 Å². The van der Waals surface area contributed by atoms with Crippen molar-refractivity contribution in [1.29, 1.82) is 0 Å². The summed E-state index contributed by atoms with van der Waals surface area (Å²) in [6.07, 6.45) is 11.9. The summed E-state index contributed by atoms with van der Waals surface area (Å²) >= 11 is 0. The molecule has 3 heteroatoms. The van der Waals surface area contributed by atoms with Gasteiger partial charge in [0.05, 0.1) is 0 Å². The number of benzene rings is 1. The van der Waals surface area contributed by atoms with Crippen LogP contribution in [0.5, 0.6) is 0 Å². The van der Waals surface area contributed by atoms with Crippen LogP contribution < -0.4 is 0 Å². The third-order valence-electron chi connectivity index (χ3n) is 3.97. The zero-order valence-corrected chi connectivity index (χ0v) is 20.7. The first kappa shape index (κ1) is 21.2. The summed E-state index contributed by atoms with van der Waals surface area (Å²) in [4.78, 5) is 0. The number of hydrogen-bond acceptors (Lipinski definition) is 0. The van der Waals surface area contributed by atoms with Gasteiger partial charge in [0.1, 0.15) is 0 Å². The van der Waals surface area contributed by atoms with Crippen molar-refractivity contribution < 1.29 is 63.2 Å². The van der Waals surface area contributed by atoms with E-state index in [0.717, 1.165) is 24.0 Å². The van der Waals surface area contributed by atoms with E-state index in [9.17, 15) is 0 Å². The fourth-order valence-corrected chi connectivity index (χ4v) is 2.90. The molecular formula is C18H14W3. The van der Waals surface area contributed by atoms with Crippen LogP contribution in [0.15, 0.2) is 23.3 Å². The SMILES string of the molecule is [CH-]=CC1=[C-]c2c(C)c3c(c(C)c2C1)[C-]=C(C=[CH-])C3.[W+2].[W+2].[W]. The number of hydrogen-bond donors (Lipinski definition) is 0. The van der Waals surface area contributed by atoms with E-state index in [2.05, 4.69) is 26.0 Å². The van der Waals surface area contributed by atoms with E-state index in [1.54, 1.807) is 12.2 Å². The molecule has 0 aliphatic heterocycles. The molecule has 0 aromatic heterocycles. The van der Waals surface area contributed by atoms with Crippen LogP contribution in [0.4, 0.5) is 0 Å². The van der Waals surface area contributed by atoms with Gasteiger partial charge in [-0.2, -0.15) is 33.4 Å². The van der Waals surface area contributed by atoms with Crippen LogP contribution >= 0.6 is 0 Å². The molecule has 1 aromatic rings. The van der Waals surface area contributed by atoms with E-state index >= 15 is 0 Å². The Morgan fingerprint density at radius 3 is 1.43 bits per heavy atom. The van der Waals surface area contributed by atoms with Crippen molar-refractivity contribution >= 4 is 0 Å². The Hall–Kier alpha value is 0.245. The normalized spacial score (nSPS) is 13.6. The predicted octanol–water partition coefficient (Wildman–Crippen LogP) is 3.54. The largest absolute Gasteiger partial charge is 2.00 e. The molecule has 2 aliphatic carbocycles. The molecule has 0 saturated heterocycles. The van der Waals surface area contributed by atoms with Gasteiger partial charge in [0, 0.05) is 21.1 Å². The van der Waals surface area contributed by atoms with Crippen LogP contribution in [0.25, 0.3) is 0 Å². The van der Waals surface area contributed by atoms with Gasteiger partial charge in [0.25, 0.3) is 0 Å². The fraction of sp³-hybridized carbons (Fsp3) is 0.222. The first-order chi connectivity index (χ1) is 8.65. The summed E-state index contributed by atoms with van der Waals surface area (Å²) in [5.41, 5.74) is 9.89. The van der Waals surface area contributed by atoms with E-state index in [1.165, 1.54) is 33.4 Å². The Labute approximate surface area is 170 Å². The van der Waals surface area contributed by atoms with Crippen LogP contribution in [-0.2, 0) is 76.0 Å². The number of rotatable bonds is 2. The maximum absolute atomic E-state index is 5.61. The summed E-state index contributed by atoms with van der Waals surface area (Å²) in [5.74, 6) is 0. The molecule has 0 N–H and O–H groups in total. The maximum Gasteiger partial charge on any atom is 2.00 e. The quantitative estimate of drug-likeness (QED) is 0.404. The molecule has 0 nitrogen and oxygen atoms in total. The average Bonchev–Trinajstić information content (AvgIpc) is 3.00. The van der Waals surface area contributed by atoms with Gasteiger partial charge in [-0.25, -0.2) is 12.2 Å². The Balaban J connectivity index is 0.00000133. The van der Waals surface area contributed by atoms with E-state index in [4.69, 9.17) is 13.2 Å². The molecule has 0 unspecified atom stereocenters. The zero-order chi connectivity index (χ0) is 12.9. The summed E-state index contributed by atoms with van der Waals surface area (Å²) < 4.78 is 0. The van der Waals surface area contributed by atoms with Gasteiger partial charge in [-0.3, -0.25) is 11.1 Å². The maximum atomic E-state index is 5.61. The summed E-state index contributed by atoms with van der Waals surface area (Å²) in [6, 6.07) is 0. The second-order valence-corrected chi connectivity index (χ2v) is 4.94. The third kappa shape index (κ3) is 3.44. The average molecular weight is 782 g/mol.